The summed E-state index contributed by atoms with van der Waals surface area (Å²) in [6.07, 6.45) is -1.32. The summed E-state index contributed by atoms with van der Waals surface area (Å²) >= 11 is 2.22. The van der Waals surface area contributed by atoms with Crippen LogP contribution < -0.4 is 11.2 Å². The first-order valence-corrected chi connectivity index (χ1v) is 10.8. The lowest BCUT2D eigenvalue weighted by Crippen LogP contribution is -2.36. The van der Waals surface area contributed by atoms with Crippen LogP contribution in [0, 0.1) is 17.4 Å². The number of rotatable bonds is 7. The summed E-state index contributed by atoms with van der Waals surface area (Å²) in [6, 6.07) is 13.2. The number of aromatic amines is 1. The van der Waals surface area contributed by atoms with E-state index < -0.39 is 17.4 Å². The second-order valence-corrected chi connectivity index (χ2v) is 8.54. The molecule has 1 N–H and O–H groups in total. The fourth-order valence-electron chi connectivity index (χ4n) is 3.54. The summed E-state index contributed by atoms with van der Waals surface area (Å²) < 4.78 is 23.7. The van der Waals surface area contributed by atoms with Crippen molar-refractivity contribution < 1.29 is 9.13 Å². The van der Waals surface area contributed by atoms with Crippen LogP contribution >= 0.6 is 22.6 Å². The highest BCUT2D eigenvalue weighted by Gasteiger charge is 2.24. The Hall–Kier alpha value is -2.26. The third-order valence-corrected chi connectivity index (χ3v) is 5.59. The average molecular weight is 522 g/mol. The molecule has 0 aliphatic rings. The first-order chi connectivity index (χ1) is 14.3. The van der Waals surface area contributed by atoms with E-state index in [-0.39, 0.29) is 24.6 Å². The number of nitrogens with one attached hydrogen (secondary N) is 1. The molecule has 1 aromatic heterocycles. The van der Waals surface area contributed by atoms with Crippen LogP contribution in [0.4, 0.5) is 4.39 Å². The van der Waals surface area contributed by atoms with Gasteiger partial charge in [0.1, 0.15) is 6.73 Å². The Bertz CT molecular complexity index is 1130. The third kappa shape index (κ3) is 5.07. The van der Waals surface area contributed by atoms with Crippen molar-refractivity contribution in [3.63, 3.8) is 0 Å². The molecule has 30 heavy (non-hydrogen) atoms. The normalized spacial score (nSPS) is 12.2. The molecule has 0 saturated heterocycles. The van der Waals surface area contributed by atoms with E-state index in [2.05, 4.69) is 27.6 Å². The first kappa shape index (κ1) is 22.4. The van der Waals surface area contributed by atoms with Crippen molar-refractivity contribution in [2.24, 2.45) is 0 Å². The molecule has 0 radical (unpaired) electrons. The van der Waals surface area contributed by atoms with Gasteiger partial charge in [0.15, 0.2) is 6.17 Å². The zero-order valence-corrected chi connectivity index (χ0v) is 19.3. The number of hydrogen-bond donors (Lipinski definition) is 1. The molecule has 3 rings (SSSR count). The highest BCUT2D eigenvalue weighted by Crippen LogP contribution is 2.28. The Kier molecular flexibility index (Phi) is 7.25. The highest BCUT2D eigenvalue weighted by atomic mass is 127. The summed E-state index contributed by atoms with van der Waals surface area (Å²) in [6.45, 7) is 5.65. The van der Waals surface area contributed by atoms with Crippen molar-refractivity contribution in [1.29, 1.82) is 0 Å². The molecule has 0 aliphatic carbocycles. The SMILES string of the molecule is CCc1c(C(F)c2cc(C)cc(C)c2)n(COCc2ccc(I)cc2)c(=O)[nH]c1=O. The van der Waals surface area contributed by atoms with Gasteiger partial charge < -0.3 is 4.74 Å². The fourth-order valence-corrected chi connectivity index (χ4v) is 3.90. The number of H-pyrrole nitrogens is 1. The Morgan fingerprint density at radius 1 is 1.10 bits per heavy atom. The minimum atomic E-state index is -1.62. The van der Waals surface area contributed by atoms with Crippen molar-refractivity contribution >= 4 is 22.6 Å². The van der Waals surface area contributed by atoms with E-state index in [1.807, 2.05) is 44.2 Å². The van der Waals surface area contributed by atoms with Gasteiger partial charge >= 0.3 is 5.69 Å². The summed E-state index contributed by atoms with van der Waals surface area (Å²) in [5.41, 5.74) is 2.26. The van der Waals surface area contributed by atoms with E-state index in [9.17, 15) is 9.59 Å². The molecule has 0 spiro atoms. The van der Waals surface area contributed by atoms with Crippen molar-refractivity contribution in [3.8, 4) is 0 Å². The van der Waals surface area contributed by atoms with E-state index in [0.717, 1.165) is 20.3 Å². The molecular formula is C23H24FIN2O3. The Balaban J connectivity index is 1.98. The lowest BCUT2D eigenvalue weighted by Gasteiger charge is -2.20. The minimum absolute atomic E-state index is 0.0545. The third-order valence-electron chi connectivity index (χ3n) is 4.87. The van der Waals surface area contributed by atoms with E-state index in [0.29, 0.717) is 12.0 Å². The van der Waals surface area contributed by atoms with Gasteiger partial charge in [0.25, 0.3) is 5.56 Å². The second-order valence-electron chi connectivity index (χ2n) is 7.29. The van der Waals surface area contributed by atoms with Gasteiger partial charge in [0.05, 0.1) is 12.3 Å². The number of nitrogens with zero attached hydrogens (tertiary/aromatic N) is 1. The molecular weight excluding hydrogens is 498 g/mol. The standard InChI is InChI=1S/C23H24FIN2O3/c1-4-19-21(20(24)17-10-14(2)9-15(3)11-17)27(23(29)26-22(19)28)13-30-12-16-5-7-18(25)8-6-16/h5-11,20H,4,12-13H2,1-3H3,(H,26,28,29). The number of hydrogen-bond acceptors (Lipinski definition) is 3. The Labute approximate surface area is 188 Å². The molecule has 3 aromatic rings. The Morgan fingerprint density at radius 2 is 1.73 bits per heavy atom. The molecule has 1 unspecified atom stereocenters. The molecule has 0 amide bonds. The number of aromatic nitrogens is 2. The van der Waals surface area contributed by atoms with Gasteiger partial charge in [-0.1, -0.05) is 48.4 Å². The molecule has 7 heteroatoms. The predicted molar refractivity (Wildman–Crippen MR) is 124 cm³/mol. The number of alkyl halides is 1. The zero-order chi connectivity index (χ0) is 21.8. The van der Waals surface area contributed by atoms with E-state index in [4.69, 9.17) is 4.74 Å². The van der Waals surface area contributed by atoms with Gasteiger partial charge in [-0.15, -0.1) is 0 Å². The molecule has 5 nitrogen and oxygen atoms in total. The van der Waals surface area contributed by atoms with Gasteiger partial charge in [-0.3, -0.25) is 14.3 Å². The van der Waals surface area contributed by atoms with Gasteiger partial charge in [-0.05, 0) is 66.1 Å². The summed E-state index contributed by atoms with van der Waals surface area (Å²) in [4.78, 5) is 27.2. The molecule has 2 aromatic carbocycles. The summed E-state index contributed by atoms with van der Waals surface area (Å²) in [5, 5.41) is 0. The molecule has 0 bridgehead atoms. The monoisotopic (exact) mass is 522 g/mol. The second kappa shape index (κ2) is 9.70. The molecule has 0 saturated carbocycles. The van der Waals surface area contributed by atoms with Crippen molar-refractivity contribution in [2.45, 2.75) is 46.7 Å². The number of ether oxygens (including phenoxy) is 1. The lowest BCUT2D eigenvalue weighted by molar-refractivity contribution is 0.0566. The molecule has 1 heterocycles. The van der Waals surface area contributed by atoms with Crippen molar-refractivity contribution in [2.75, 3.05) is 0 Å². The zero-order valence-electron chi connectivity index (χ0n) is 17.2. The van der Waals surface area contributed by atoms with Crippen LogP contribution in [0.1, 0.15) is 46.6 Å². The van der Waals surface area contributed by atoms with Gasteiger partial charge in [0.2, 0.25) is 0 Å². The van der Waals surface area contributed by atoms with Crippen LogP contribution in [0.3, 0.4) is 0 Å². The quantitative estimate of drug-likeness (QED) is 0.463. The number of benzene rings is 2. The highest BCUT2D eigenvalue weighted by molar-refractivity contribution is 14.1. The van der Waals surface area contributed by atoms with E-state index in [1.165, 1.54) is 4.57 Å². The van der Waals surface area contributed by atoms with Gasteiger partial charge in [0, 0.05) is 9.13 Å². The fraction of sp³-hybridized carbons (Fsp3) is 0.304. The number of halogens is 2. The molecule has 0 fully saturated rings. The van der Waals surface area contributed by atoms with Gasteiger partial charge in [-0.2, -0.15) is 0 Å². The number of aryl methyl sites for hydroxylation is 2. The maximum absolute atomic E-state index is 15.7. The van der Waals surface area contributed by atoms with Crippen LogP contribution in [-0.4, -0.2) is 9.55 Å². The first-order valence-electron chi connectivity index (χ1n) is 9.70. The lowest BCUT2D eigenvalue weighted by atomic mass is 9.99. The Morgan fingerprint density at radius 3 is 2.33 bits per heavy atom. The van der Waals surface area contributed by atoms with Crippen LogP contribution in [-0.2, 0) is 24.5 Å². The summed E-state index contributed by atoms with van der Waals surface area (Å²) in [7, 11) is 0. The minimum Gasteiger partial charge on any atom is -0.356 e. The van der Waals surface area contributed by atoms with Crippen LogP contribution in [0.15, 0.2) is 52.1 Å². The topological polar surface area (TPSA) is 64.1 Å². The maximum atomic E-state index is 15.7. The van der Waals surface area contributed by atoms with Crippen LogP contribution in [0.2, 0.25) is 0 Å². The van der Waals surface area contributed by atoms with E-state index in [1.54, 1.807) is 19.1 Å². The predicted octanol–water partition coefficient (Wildman–Crippen LogP) is 4.55. The average Bonchev–Trinajstić information content (AvgIpc) is 2.69. The molecule has 1 atom stereocenters. The van der Waals surface area contributed by atoms with Crippen molar-refractivity contribution in [3.05, 3.63) is 100 Å². The van der Waals surface area contributed by atoms with Crippen molar-refractivity contribution in [1.82, 2.24) is 9.55 Å². The maximum Gasteiger partial charge on any atom is 0.330 e. The van der Waals surface area contributed by atoms with Crippen LogP contribution in [0.25, 0.3) is 0 Å². The van der Waals surface area contributed by atoms with E-state index >= 15 is 4.39 Å². The molecule has 0 aliphatic heterocycles. The largest absolute Gasteiger partial charge is 0.356 e. The molecule has 158 valence electrons. The van der Waals surface area contributed by atoms with Crippen LogP contribution in [0.5, 0.6) is 0 Å². The smallest absolute Gasteiger partial charge is 0.330 e. The summed E-state index contributed by atoms with van der Waals surface area (Å²) in [5.74, 6) is 0. The van der Waals surface area contributed by atoms with Gasteiger partial charge in [-0.25, -0.2) is 9.18 Å².